The minimum Gasteiger partial charge on any atom is -0.306 e. The highest BCUT2D eigenvalue weighted by atomic mass is 32.2. The largest absolute Gasteiger partial charge is 0.306 e. The van der Waals surface area contributed by atoms with Crippen LogP contribution in [0.4, 0.5) is 0 Å². The second-order valence-electron chi connectivity index (χ2n) is 4.55. The molecule has 0 aromatic heterocycles. The van der Waals surface area contributed by atoms with Crippen LogP contribution in [-0.2, 0) is 4.79 Å². The Morgan fingerprint density at radius 1 is 1.64 bits per heavy atom. The molecular weight excluding hydrogens is 194 g/mol. The summed E-state index contributed by atoms with van der Waals surface area (Å²) in [5.74, 6) is 4.83. The van der Waals surface area contributed by atoms with E-state index in [4.69, 9.17) is 0 Å². The van der Waals surface area contributed by atoms with Crippen LogP contribution in [0.2, 0.25) is 0 Å². The summed E-state index contributed by atoms with van der Waals surface area (Å²) in [6.07, 6.45) is 5.26. The van der Waals surface area contributed by atoms with E-state index in [-0.39, 0.29) is 22.5 Å². The molecule has 2 saturated carbocycles. The smallest absolute Gasteiger partial charge is 0.233 e. The van der Waals surface area contributed by atoms with E-state index in [1.165, 1.54) is 12.8 Å². The summed E-state index contributed by atoms with van der Waals surface area (Å²) in [6.45, 7) is 5.90. The van der Waals surface area contributed by atoms with Gasteiger partial charge in [-0.25, -0.2) is 0 Å². The maximum atomic E-state index is 11.7. The molecule has 2 nitrogen and oxygen atoms in total. The van der Waals surface area contributed by atoms with Gasteiger partial charge in [0.2, 0.25) is 5.91 Å². The minimum absolute atomic E-state index is 0.182. The van der Waals surface area contributed by atoms with Gasteiger partial charge in [-0.3, -0.25) is 4.79 Å². The number of carbonyl (C=O) groups is 1. The Hall–Kier alpha value is -0.570. The zero-order valence-electron chi connectivity index (χ0n) is 8.58. The first-order valence-electron chi connectivity index (χ1n) is 5.04. The SMILES string of the molecule is C=CC1CC1C(=O)NS(=C)C1(C)CC1. The first-order chi connectivity index (χ1) is 6.57. The summed E-state index contributed by atoms with van der Waals surface area (Å²) in [5.41, 5.74) is 0. The molecule has 2 aliphatic carbocycles. The molecule has 0 aliphatic heterocycles. The van der Waals surface area contributed by atoms with E-state index < -0.39 is 0 Å². The molecule has 0 spiro atoms. The zero-order chi connectivity index (χ0) is 10.3. The lowest BCUT2D eigenvalue weighted by atomic mass is 10.3. The number of allylic oxidation sites excluding steroid dienone is 1. The van der Waals surface area contributed by atoms with Gasteiger partial charge in [-0.05, 0) is 32.1 Å². The van der Waals surface area contributed by atoms with Crippen LogP contribution < -0.4 is 4.72 Å². The predicted octanol–water partition coefficient (Wildman–Crippen LogP) is 2.09. The fourth-order valence-electron chi connectivity index (χ4n) is 1.52. The lowest BCUT2D eigenvalue weighted by Crippen LogP contribution is -2.24. The first kappa shape index (κ1) is 9.97. The topological polar surface area (TPSA) is 29.1 Å². The van der Waals surface area contributed by atoms with Gasteiger partial charge in [0.25, 0.3) is 0 Å². The van der Waals surface area contributed by atoms with Crippen LogP contribution in [0.5, 0.6) is 0 Å². The fourth-order valence-corrected chi connectivity index (χ4v) is 2.75. The summed E-state index contributed by atoms with van der Waals surface area (Å²) in [7, 11) is -0.188. The van der Waals surface area contributed by atoms with Crippen molar-refractivity contribution in [2.24, 2.45) is 11.8 Å². The molecule has 2 rings (SSSR count). The minimum atomic E-state index is -0.188. The predicted molar refractivity (Wildman–Crippen MR) is 62.3 cm³/mol. The van der Waals surface area contributed by atoms with Gasteiger partial charge in [0.15, 0.2) is 0 Å². The molecule has 0 heterocycles. The first-order valence-corrected chi connectivity index (χ1v) is 6.43. The van der Waals surface area contributed by atoms with E-state index in [9.17, 15) is 4.79 Å². The number of carbonyl (C=O) groups excluding carboxylic acids is 1. The number of hydrogen-bond acceptors (Lipinski definition) is 1. The molecule has 78 valence electrons. The van der Waals surface area contributed by atoms with Crippen LogP contribution in [-0.4, -0.2) is 16.5 Å². The van der Waals surface area contributed by atoms with E-state index in [1.54, 1.807) is 0 Å². The monoisotopic (exact) mass is 211 g/mol. The van der Waals surface area contributed by atoms with Gasteiger partial charge >= 0.3 is 0 Å². The highest BCUT2D eigenvalue weighted by molar-refractivity contribution is 8.14. The standard InChI is InChI=1S/C11H17NOS/c1-4-8-7-9(8)10(13)12-14(3)11(2)5-6-11/h4,8-9H,1,3,5-7H2,2H3,(H,12,13). The van der Waals surface area contributed by atoms with Gasteiger partial charge in [0, 0.05) is 10.7 Å². The Balaban J connectivity index is 1.83. The van der Waals surface area contributed by atoms with Crippen LogP contribution >= 0.6 is 10.7 Å². The highest BCUT2D eigenvalue weighted by Crippen LogP contribution is 2.50. The third kappa shape index (κ3) is 1.78. The summed E-state index contributed by atoms with van der Waals surface area (Å²) in [5, 5.41) is 0. The van der Waals surface area contributed by atoms with Crippen molar-refractivity contribution in [1.82, 2.24) is 4.72 Å². The van der Waals surface area contributed by atoms with Crippen molar-refractivity contribution in [1.29, 1.82) is 0 Å². The second kappa shape index (κ2) is 3.23. The maximum Gasteiger partial charge on any atom is 0.233 e. The molecular formula is C11H17NOS. The molecule has 0 saturated heterocycles. The molecule has 3 atom stereocenters. The second-order valence-corrected chi connectivity index (χ2v) is 6.52. The van der Waals surface area contributed by atoms with Gasteiger partial charge < -0.3 is 4.72 Å². The van der Waals surface area contributed by atoms with E-state index in [1.807, 2.05) is 6.08 Å². The molecule has 0 radical (unpaired) electrons. The normalized spacial score (nSPS) is 34.4. The lowest BCUT2D eigenvalue weighted by Gasteiger charge is -2.15. The van der Waals surface area contributed by atoms with Crippen molar-refractivity contribution in [3.63, 3.8) is 0 Å². The summed E-state index contributed by atoms with van der Waals surface area (Å²) in [6, 6.07) is 0. The van der Waals surface area contributed by atoms with E-state index in [0.29, 0.717) is 10.7 Å². The molecule has 3 heteroatoms. The Morgan fingerprint density at radius 2 is 2.29 bits per heavy atom. The van der Waals surface area contributed by atoms with Crippen LogP contribution in [0, 0.1) is 11.8 Å². The Kier molecular flexibility index (Phi) is 2.30. The van der Waals surface area contributed by atoms with Crippen molar-refractivity contribution >= 4 is 22.4 Å². The van der Waals surface area contributed by atoms with Crippen molar-refractivity contribution < 1.29 is 4.79 Å². The molecule has 0 aromatic rings. The molecule has 1 amide bonds. The molecule has 0 bridgehead atoms. The van der Waals surface area contributed by atoms with Crippen molar-refractivity contribution in [2.75, 3.05) is 0 Å². The van der Waals surface area contributed by atoms with Gasteiger partial charge in [0.1, 0.15) is 0 Å². The highest BCUT2D eigenvalue weighted by Gasteiger charge is 2.44. The molecule has 3 unspecified atom stereocenters. The fraction of sp³-hybridized carbons (Fsp3) is 0.636. The van der Waals surface area contributed by atoms with Crippen LogP contribution in [0.1, 0.15) is 26.2 Å². The van der Waals surface area contributed by atoms with E-state index >= 15 is 0 Å². The average Bonchev–Trinajstić information content (AvgIpc) is 2.98. The van der Waals surface area contributed by atoms with Gasteiger partial charge in [-0.1, -0.05) is 22.6 Å². The lowest BCUT2D eigenvalue weighted by molar-refractivity contribution is -0.120. The Bertz CT molecular complexity index is 306. The maximum absolute atomic E-state index is 11.7. The van der Waals surface area contributed by atoms with E-state index in [2.05, 4.69) is 24.1 Å². The molecule has 0 aromatic carbocycles. The third-order valence-electron chi connectivity index (χ3n) is 3.25. The average molecular weight is 211 g/mol. The molecule has 2 aliphatic rings. The Labute approximate surface area is 87.8 Å². The number of hydrogen-bond donors (Lipinski definition) is 1. The molecule has 14 heavy (non-hydrogen) atoms. The number of amides is 1. The Morgan fingerprint density at radius 3 is 2.71 bits per heavy atom. The third-order valence-corrected chi connectivity index (χ3v) is 5.30. The quantitative estimate of drug-likeness (QED) is 0.560. The van der Waals surface area contributed by atoms with Gasteiger partial charge in [-0.15, -0.1) is 6.58 Å². The summed E-state index contributed by atoms with van der Waals surface area (Å²) >= 11 is 0. The van der Waals surface area contributed by atoms with Crippen molar-refractivity contribution in [3.8, 4) is 0 Å². The molecule has 1 N–H and O–H groups in total. The summed E-state index contributed by atoms with van der Waals surface area (Å²) in [4.78, 5) is 11.7. The van der Waals surface area contributed by atoms with Crippen molar-refractivity contribution in [2.45, 2.75) is 30.9 Å². The molecule has 2 fully saturated rings. The zero-order valence-corrected chi connectivity index (χ0v) is 9.40. The summed E-state index contributed by atoms with van der Waals surface area (Å²) < 4.78 is 3.34. The van der Waals surface area contributed by atoms with Crippen LogP contribution in [0.15, 0.2) is 12.7 Å². The van der Waals surface area contributed by atoms with Crippen LogP contribution in [0.3, 0.4) is 0 Å². The van der Waals surface area contributed by atoms with Crippen molar-refractivity contribution in [3.05, 3.63) is 12.7 Å². The number of rotatable bonds is 4. The van der Waals surface area contributed by atoms with Gasteiger partial charge in [0.05, 0.1) is 0 Å². The number of nitrogens with one attached hydrogen (secondary N) is 1. The van der Waals surface area contributed by atoms with E-state index in [0.717, 1.165) is 6.42 Å². The van der Waals surface area contributed by atoms with Gasteiger partial charge in [-0.2, -0.15) is 0 Å². The van der Waals surface area contributed by atoms with Crippen LogP contribution in [0.25, 0.3) is 0 Å².